The van der Waals surface area contributed by atoms with E-state index in [1.54, 1.807) is 18.2 Å². The van der Waals surface area contributed by atoms with Crippen molar-refractivity contribution in [3.8, 4) is 0 Å². The largest absolute Gasteiger partial charge is 0.467 e. The molecule has 0 fully saturated rings. The number of hydrogen-bond donors (Lipinski definition) is 1. The molecule has 0 unspecified atom stereocenters. The predicted molar refractivity (Wildman–Crippen MR) is 94.2 cm³/mol. The molecule has 2 aromatic rings. The third-order valence-corrected chi connectivity index (χ3v) is 4.29. The Morgan fingerprint density at radius 2 is 1.69 bits per heavy atom. The van der Waals surface area contributed by atoms with Crippen LogP contribution in [-0.2, 0) is 27.2 Å². The Kier molecular flexibility index (Phi) is 6.94. The van der Waals surface area contributed by atoms with Gasteiger partial charge in [-0.05, 0) is 35.4 Å². The maximum atomic E-state index is 13.2. The zero-order chi connectivity index (χ0) is 19.3. The number of amides is 1. The number of esters is 1. The van der Waals surface area contributed by atoms with Crippen LogP contribution >= 0.6 is 23.2 Å². The lowest BCUT2D eigenvalue weighted by Gasteiger charge is -2.18. The molecule has 2 aromatic carbocycles. The Balaban J connectivity index is 2.14. The standard InChI is InChI=1S/C18H15Cl2F2NO3/c1-26-18(25)16(9-13-14(19)3-2-4-15(13)20)23-17(24)7-10-5-11(21)8-12(22)6-10/h2-6,8,16H,7,9H2,1H3,(H,23,24)/t16-/m0/s1. The van der Waals surface area contributed by atoms with E-state index in [-0.39, 0.29) is 18.4 Å². The minimum atomic E-state index is -1.05. The average molecular weight is 402 g/mol. The van der Waals surface area contributed by atoms with Crippen LogP contribution in [-0.4, -0.2) is 25.0 Å². The van der Waals surface area contributed by atoms with Crippen molar-refractivity contribution in [2.75, 3.05) is 7.11 Å². The molecule has 4 nitrogen and oxygen atoms in total. The van der Waals surface area contributed by atoms with Crippen LogP contribution in [0.15, 0.2) is 36.4 Å². The molecule has 1 N–H and O–H groups in total. The van der Waals surface area contributed by atoms with Gasteiger partial charge in [-0.25, -0.2) is 13.6 Å². The van der Waals surface area contributed by atoms with Gasteiger partial charge in [-0.1, -0.05) is 29.3 Å². The van der Waals surface area contributed by atoms with Crippen LogP contribution in [0.1, 0.15) is 11.1 Å². The summed E-state index contributed by atoms with van der Waals surface area (Å²) in [7, 11) is 1.18. The van der Waals surface area contributed by atoms with Gasteiger partial charge in [-0.2, -0.15) is 0 Å². The van der Waals surface area contributed by atoms with E-state index in [9.17, 15) is 18.4 Å². The van der Waals surface area contributed by atoms with E-state index >= 15 is 0 Å². The molecule has 0 heterocycles. The quantitative estimate of drug-likeness (QED) is 0.750. The summed E-state index contributed by atoms with van der Waals surface area (Å²) in [5.74, 6) is -2.88. The van der Waals surface area contributed by atoms with E-state index in [1.807, 2.05) is 0 Å². The lowest BCUT2D eigenvalue weighted by molar-refractivity contribution is -0.145. The Labute approximate surface area is 159 Å². The number of benzene rings is 2. The summed E-state index contributed by atoms with van der Waals surface area (Å²) in [5.41, 5.74) is 0.614. The molecule has 0 radical (unpaired) electrons. The van der Waals surface area contributed by atoms with E-state index in [4.69, 9.17) is 27.9 Å². The van der Waals surface area contributed by atoms with Gasteiger partial charge in [0.15, 0.2) is 0 Å². The maximum absolute atomic E-state index is 13.2. The second kappa shape index (κ2) is 8.96. The average Bonchev–Trinajstić information content (AvgIpc) is 2.55. The van der Waals surface area contributed by atoms with Crippen molar-refractivity contribution in [3.05, 3.63) is 69.2 Å². The highest BCUT2D eigenvalue weighted by Crippen LogP contribution is 2.25. The van der Waals surface area contributed by atoms with Crippen molar-refractivity contribution in [2.24, 2.45) is 0 Å². The van der Waals surface area contributed by atoms with Gasteiger partial charge in [0.2, 0.25) is 5.91 Å². The normalized spacial score (nSPS) is 11.7. The molecule has 26 heavy (non-hydrogen) atoms. The van der Waals surface area contributed by atoms with Crippen molar-refractivity contribution in [1.29, 1.82) is 0 Å². The molecule has 0 bridgehead atoms. The van der Waals surface area contributed by atoms with Crippen LogP contribution < -0.4 is 5.32 Å². The van der Waals surface area contributed by atoms with E-state index in [0.29, 0.717) is 21.7 Å². The molecule has 8 heteroatoms. The number of methoxy groups -OCH3 is 1. The number of carbonyl (C=O) groups is 2. The lowest BCUT2D eigenvalue weighted by Crippen LogP contribution is -2.43. The highest BCUT2D eigenvalue weighted by molar-refractivity contribution is 6.36. The van der Waals surface area contributed by atoms with Gasteiger partial charge in [-0.3, -0.25) is 4.79 Å². The summed E-state index contributed by atoms with van der Waals surface area (Å²) >= 11 is 12.2. The maximum Gasteiger partial charge on any atom is 0.328 e. The molecule has 0 aliphatic carbocycles. The molecule has 0 aliphatic rings. The van der Waals surface area contributed by atoms with Gasteiger partial charge in [0.25, 0.3) is 0 Å². The highest BCUT2D eigenvalue weighted by Gasteiger charge is 2.24. The summed E-state index contributed by atoms with van der Waals surface area (Å²) < 4.78 is 31.1. The SMILES string of the molecule is COC(=O)[C@H](Cc1c(Cl)cccc1Cl)NC(=O)Cc1cc(F)cc(F)c1. The van der Waals surface area contributed by atoms with E-state index in [0.717, 1.165) is 12.1 Å². The van der Waals surface area contributed by atoms with Crippen molar-refractivity contribution < 1.29 is 23.1 Å². The summed E-state index contributed by atoms with van der Waals surface area (Å²) in [6.07, 6.45) is -0.299. The van der Waals surface area contributed by atoms with E-state index in [1.165, 1.54) is 7.11 Å². The van der Waals surface area contributed by atoms with Crippen LogP contribution in [0.5, 0.6) is 0 Å². The third-order valence-electron chi connectivity index (χ3n) is 3.58. The summed E-state index contributed by atoms with van der Waals surface area (Å²) in [4.78, 5) is 24.2. The van der Waals surface area contributed by atoms with Crippen LogP contribution in [0.3, 0.4) is 0 Å². The first kappa shape index (κ1) is 20.1. The third kappa shape index (κ3) is 5.41. The topological polar surface area (TPSA) is 55.4 Å². The zero-order valence-electron chi connectivity index (χ0n) is 13.7. The van der Waals surface area contributed by atoms with Gasteiger partial charge >= 0.3 is 5.97 Å². The fourth-order valence-electron chi connectivity index (χ4n) is 2.41. The molecule has 1 amide bonds. The molecule has 2 rings (SSSR count). The van der Waals surface area contributed by atoms with Crippen molar-refractivity contribution in [2.45, 2.75) is 18.9 Å². The highest BCUT2D eigenvalue weighted by atomic mass is 35.5. The molecular formula is C18H15Cl2F2NO3. The second-order valence-electron chi connectivity index (χ2n) is 5.50. The van der Waals surface area contributed by atoms with Gasteiger partial charge in [0, 0.05) is 22.5 Å². The zero-order valence-corrected chi connectivity index (χ0v) is 15.2. The van der Waals surface area contributed by atoms with Crippen LogP contribution in [0, 0.1) is 11.6 Å². The summed E-state index contributed by atoms with van der Waals surface area (Å²) in [5, 5.41) is 3.16. The van der Waals surface area contributed by atoms with Crippen molar-refractivity contribution in [3.63, 3.8) is 0 Å². The lowest BCUT2D eigenvalue weighted by atomic mass is 10.0. The fourth-order valence-corrected chi connectivity index (χ4v) is 2.96. The smallest absolute Gasteiger partial charge is 0.328 e. The summed E-state index contributed by atoms with van der Waals surface area (Å²) in [6.45, 7) is 0. The van der Waals surface area contributed by atoms with Gasteiger partial charge < -0.3 is 10.1 Å². The van der Waals surface area contributed by atoms with Crippen LogP contribution in [0.25, 0.3) is 0 Å². The first-order valence-electron chi connectivity index (χ1n) is 7.55. The molecule has 0 aromatic heterocycles. The fraction of sp³-hybridized carbons (Fsp3) is 0.222. The first-order chi connectivity index (χ1) is 12.3. The predicted octanol–water partition coefficient (Wildman–Crippen LogP) is 3.71. The molecule has 1 atom stereocenters. The van der Waals surface area contributed by atoms with E-state index < -0.39 is 29.6 Å². The number of carbonyl (C=O) groups excluding carboxylic acids is 2. The Hall–Kier alpha value is -2.18. The molecule has 0 aliphatic heterocycles. The van der Waals surface area contributed by atoms with Gasteiger partial charge in [-0.15, -0.1) is 0 Å². The molecule has 0 saturated carbocycles. The Morgan fingerprint density at radius 1 is 1.12 bits per heavy atom. The number of halogens is 4. The van der Waals surface area contributed by atoms with Gasteiger partial charge in [0.1, 0.15) is 17.7 Å². The van der Waals surface area contributed by atoms with Crippen LogP contribution in [0.4, 0.5) is 8.78 Å². The molecule has 138 valence electrons. The minimum Gasteiger partial charge on any atom is -0.467 e. The molecular weight excluding hydrogens is 387 g/mol. The second-order valence-corrected chi connectivity index (χ2v) is 6.32. The molecule has 0 saturated heterocycles. The molecule has 0 spiro atoms. The number of hydrogen-bond acceptors (Lipinski definition) is 3. The summed E-state index contributed by atoms with van der Waals surface area (Å²) in [6, 6.07) is 6.60. The Morgan fingerprint density at radius 3 is 2.23 bits per heavy atom. The number of nitrogens with one attached hydrogen (secondary N) is 1. The van der Waals surface area contributed by atoms with E-state index in [2.05, 4.69) is 5.32 Å². The Bertz CT molecular complexity index is 790. The minimum absolute atomic E-state index is 0.00836. The van der Waals surface area contributed by atoms with Crippen molar-refractivity contribution in [1.82, 2.24) is 5.32 Å². The number of rotatable bonds is 6. The monoisotopic (exact) mass is 401 g/mol. The first-order valence-corrected chi connectivity index (χ1v) is 8.30. The van der Waals surface area contributed by atoms with Gasteiger partial charge in [0.05, 0.1) is 13.5 Å². The number of ether oxygens (including phenoxy) is 1. The van der Waals surface area contributed by atoms with Crippen molar-refractivity contribution >= 4 is 35.1 Å². The van der Waals surface area contributed by atoms with Crippen LogP contribution in [0.2, 0.25) is 10.0 Å².